The molecule has 19 heavy (non-hydrogen) atoms. The number of amides is 2. The van der Waals surface area contributed by atoms with Crippen molar-refractivity contribution in [3.05, 3.63) is 35.4 Å². The maximum absolute atomic E-state index is 13.1. The summed E-state index contributed by atoms with van der Waals surface area (Å²) < 4.78 is 25.9. The van der Waals surface area contributed by atoms with Crippen molar-refractivity contribution in [3.63, 3.8) is 0 Å². The van der Waals surface area contributed by atoms with E-state index in [1.54, 1.807) is 0 Å². The molecule has 1 aliphatic rings. The Labute approximate surface area is 109 Å². The Morgan fingerprint density at radius 2 is 2.05 bits per heavy atom. The van der Waals surface area contributed by atoms with Crippen molar-refractivity contribution >= 4 is 11.8 Å². The Balaban J connectivity index is 1.98. The molecule has 0 aromatic heterocycles. The summed E-state index contributed by atoms with van der Waals surface area (Å²) in [5.41, 5.74) is 5.63. The predicted molar refractivity (Wildman–Crippen MR) is 64.0 cm³/mol. The summed E-state index contributed by atoms with van der Waals surface area (Å²) in [6.07, 6.45) is 0.558. The highest BCUT2D eigenvalue weighted by Crippen LogP contribution is 2.47. The number of rotatable bonds is 4. The van der Waals surface area contributed by atoms with Crippen molar-refractivity contribution in [2.45, 2.75) is 25.3 Å². The summed E-state index contributed by atoms with van der Waals surface area (Å²) in [6.45, 7) is 1.50. The molecule has 3 N–H and O–H groups in total. The molecule has 1 fully saturated rings. The van der Waals surface area contributed by atoms with E-state index >= 15 is 0 Å². The number of hydrogen-bond acceptors (Lipinski definition) is 2. The van der Waals surface area contributed by atoms with Gasteiger partial charge in [-0.2, -0.15) is 0 Å². The van der Waals surface area contributed by atoms with Gasteiger partial charge in [-0.15, -0.1) is 0 Å². The van der Waals surface area contributed by atoms with E-state index in [-0.39, 0.29) is 17.7 Å². The van der Waals surface area contributed by atoms with Crippen LogP contribution in [0.1, 0.15) is 24.8 Å². The van der Waals surface area contributed by atoms with Gasteiger partial charge in [0.1, 0.15) is 6.04 Å². The van der Waals surface area contributed by atoms with E-state index in [0.29, 0.717) is 12.0 Å². The van der Waals surface area contributed by atoms with E-state index in [1.807, 2.05) is 0 Å². The summed E-state index contributed by atoms with van der Waals surface area (Å²) in [5, 5.41) is 2.49. The van der Waals surface area contributed by atoms with Crippen LogP contribution in [-0.4, -0.2) is 17.9 Å². The first-order valence-corrected chi connectivity index (χ1v) is 5.94. The van der Waals surface area contributed by atoms with E-state index in [4.69, 9.17) is 5.73 Å². The van der Waals surface area contributed by atoms with E-state index in [0.717, 1.165) is 12.1 Å². The maximum atomic E-state index is 13.1. The van der Waals surface area contributed by atoms with Gasteiger partial charge < -0.3 is 11.1 Å². The van der Waals surface area contributed by atoms with E-state index in [9.17, 15) is 18.4 Å². The van der Waals surface area contributed by atoms with Gasteiger partial charge in [0.2, 0.25) is 11.8 Å². The number of hydrogen-bond donors (Lipinski definition) is 2. The fourth-order valence-electron chi connectivity index (χ4n) is 1.99. The van der Waals surface area contributed by atoms with Gasteiger partial charge in [0.15, 0.2) is 11.6 Å². The molecule has 0 heterocycles. The lowest BCUT2D eigenvalue weighted by Gasteiger charge is -2.09. The van der Waals surface area contributed by atoms with Crippen LogP contribution in [0.3, 0.4) is 0 Å². The number of halogens is 2. The number of benzene rings is 1. The predicted octanol–water partition coefficient (Wildman–Crippen LogP) is 1.06. The Kier molecular flexibility index (Phi) is 3.50. The molecule has 1 aromatic carbocycles. The molecule has 4 nitrogen and oxygen atoms in total. The van der Waals surface area contributed by atoms with Crippen molar-refractivity contribution < 1.29 is 18.4 Å². The quantitative estimate of drug-likeness (QED) is 0.857. The zero-order valence-corrected chi connectivity index (χ0v) is 10.3. The first kappa shape index (κ1) is 13.5. The fourth-order valence-corrected chi connectivity index (χ4v) is 1.99. The largest absolute Gasteiger partial charge is 0.368 e. The van der Waals surface area contributed by atoms with Crippen molar-refractivity contribution in [2.24, 2.45) is 11.7 Å². The van der Waals surface area contributed by atoms with Crippen LogP contribution in [0.4, 0.5) is 8.78 Å². The van der Waals surface area contributed by atoms with Gasteiger partial charge >= 0.3 is 0 Å². The van der Waals surface area contributed by atoms with Crippen LogP contribution in [0.15, 0.2) is 18.2 Å². The number of carbonyl (C=O) groups is 2. The van der Waals surface area contributed by atoms with Crippen molar-refractivity contribution in [1.29, 1.82) is 0 Å². The Hall–Kier alpha value is -1.98. The summed E-state index contributed by atoms with van der Waals surface area (Å²) in [7, 11) is 0. The minimum atomic E-state index is -0.922. The highest BCUT2D eigenvalue weighted by Gasteiger charge is 2.44. The highest BCUT2D eigenvalue weighted by atomic mass is 19.2. The highest BCUT2D eigenvalue weighted by molar-refractivity contribution is 5.89. The van der Waals surface area contributed by atoms with E-state index < -0.39 is 23.6 Å². The molecular weight excluding hydrogens is 254 g/mol. The Morgan fingerprint density at radius 1 is 1.37 bits per heavy atom. The topological polar surface area (TPSA) is 72.2 Å². The maximum Gasteiger partial charge on any atom is 0.239 e. The zero-order chi connectivity index (χ0) is 14.2. The van der Waals surface area contributed by atoms with Crippen LogP contribution in [0, 0.1) is 17.6 Å². The number of carbonyl (C=O) groups excluding carboxylic acids is 2. The molecule has 0 spiro atoms. The monoisotopic (exact) mass is 268 g/mol. The molecule has 0 unspecified atom stereocenters. The van der Waals surface area contributed by atoms with Gasteiger partial charge in [-0.25, -0.2) is 8.78 Å². The van der Waals surface area contributed by atoms with Crippen LogP contribution >= 0.6 is 0 Å². The molecule has 1 saturated carbocycles. The van der Waals surface area contributed by atoms with Crippen LogP contribution in [0.25, 0.3) is 0 Å². The lowest BCUT2D eigenvalue weighted by atomic mass is 10.1. The third-order valence-electron chi connectivity index (χ3n) is 3.28. The third kappa shape index (κ3) is 2.89. The van der Waals surface area contributed by atoms with Crippen LogP contribution in [0.2, 0.25) is 0 Å². The number of nitrogens with one attached hydrogen (secondary N) is 1. The molecule has 3 atom stereocenters. The Morgan fingerprint density at radius 3 is 2.63 bits per heavy atom. The number of nitrogens with two attached hydrogens (primary N) is 1. The fraction of sp³-hybridized carbons (Fsp3) is 0.385. The van der Waals surface area contributed by atoms with Crippen LogP contribution < -0.4 is 11.1 Å². The van der Waals surface area contributed by atoms with E-state index in [1.165, 1.54) is 13.0 Å². The van der Waals surface area contributed by atoms with Gasteiger partial charge in [-0.3, -0.25) is 9.59 Å². The van der Waals surface area contributed by atoms with Gasteiger partial charge in [0.05, 0.1) is 0 Å². The van der Waals surface area contributed by atoms with Crippen molar-refractivity contribution in [2.75, 3.05) is 0 Å². The molecule has 0 radical (unpaired) electrons. The Bertz CT molecular complexity index is 533. The molecule has 6 heteroatoms. The third-order valence-corrected chi connectivity index (χ3v) is 3.28. The SMILES string of the molecule is C[C@H](NC(=O)[C@@H]1C[C@H]1c1ccc(F)c(F)c1)C(N)=O. The molecule has 1 aliphatic carbocycles. The minimum absolute atomic E-state index is 0.129. The zero-order valence-electron chi connectivity index (χ0n) is 10.3. The second kappa shape index (κ2) is 4.95. The molecular formula is C13H14F2N2O2. The molecule has 2 rings (SSSR count). The smallest absolute Gasteiger partial charge is 0.239 e. The second-order valence-corrected chi connectivity index (χ2v) is 4.75. The number of primary amides is 1. The van der Waals surface area contributed by atoms with Gasteiger partial charge in [-0.1, -0.05) is 6.07 Å². The molecule has 0 saturated heterocycles. The summed E-state index contributed by atoms with van der Waals surface area (Å²) >= 11 is 0. The van der Waals surface area contributed by atoms with E-state index in [2.05, 4.69) is 5.32 Å². The summed E-state index contributed by atoms with van der Waals surface area (Å²) in [4.78, 5) is 22.6. The first-order valence-electron chi connectivity index (χ1n) is 5.94. The second-order valence-electron chi connectivity index (χ2n) is 4.75. The average Bonchev–Trinajstić information content (AvgIpc) is 3.12. The molecule has 1 aromatic rings. The van der Waals surface area contributed by atoms with Gasteiger partial charge in [-0.05, 0) is 37.0 Å². The summed E-state index contributed by atoms with van der Waals surface area (Å²) in [6, 6.07) is 2.88. The molecule has 2 amide bonds. The normalized spacial score (nSPS) is 22.7. The lowest BCUT2D eigenvalue weighted by molar-refractivity contribution is -0.127. The van der Waals surface area contributed by atoms with Gasteiger partial charge in [0.25, 0.3) is 0 Å². The van der Waals surface area contributed by atoms with Crippen LogP contribution in [0.5, 0.6) is 0 Å². The lowest BCUT2D eigenvalue weighted by Crippen LogP contribution is -2.43. The summed E-state index contributed by atoms with van der Waals surface area (Å²) in [5.74, 6) is -3.18. The van der Waals surface area contributed by atoms with Gasteiger partial charge in [0, 0.05) is 5.92 Å². The average molecular weight is 268 g/mol. The minimum Gasteiger partial charge on any atom is -0.368 e. The first-order chi connectivity index (χ1) is 8.90. The standard InChI is InChI=1S/C13H14F2N2O2/c1-6(12(16)18)17-13(19)9-5-8(9)7-2-3-10(14)11(15)4-7/h2-4,6,8-9H,5H2,1H3,(H2,16,18)(H,17,19)/t6-,8-,9+/m0/s1. The molecule has 0 bridgehead atoms. The van der Waals surface area contributed by atoms with Crippen LogP contribution in [-0.2, 0) is 9.59 Å². The molecule has 102 valence electrons. The molecule has 0 aliphatic heterocycles. The van der Waals surface area contributed by atoms with Crippen molar-refractivity contribution in [1.82, 2.24) is 5.32 Å². The van der Waals surface area contributed by atoms with Crippen molar-refractivity contribution in [3.8, 4) is 0 Å².